The number of furan rings is 1. The minimum Gasteiger partial charge on any atom is -0.466 e. The molecule has 0 unspecified atom stereocenters. The Labute approximate surface area is 100 Å². The average molecular weight is 235 g/mol. The molecule has 5 nitrogen and oxygen atoms in total. The van der Waals surface area contributed by atoms with E-state index < -0.39 is 0 Å². The van der Waals surface area contributed by atoms with Crippen LogP contribution in [0.3, 0.4) is 0 Å². The Morgan fingerprint density at radius 1 is 1.24 bits per heavy atom. The number of aromatic nitrogens is 2. The van der Waals surface area contributed by atoms with E-state index in [1.807, 2.05) is 19.9 Å². The predicted molar refractivity (Wildman–Crippen MR) is 63.5 cm³/mol. The largest absolute Gasteiger partial charge is 0.466 e. The van der Waals surface area contributed by atoms with Crippen LogP contribution in [0.1, 0.15) is 30.8 Å². The van der Waals surface area contributed by atoms with Crippen LogP contribution < -0.4 is 5.32 Å². The summed E-state index contributed by atoms with van der Waals surface area (Å²) in [4.78, 5) is 0. The minimum absolute atomic E-state index is 0.521. The van der Waals surface area contributed by atoms with Crippen LogP contribution in [0.4, 0.5) is 0 Å². The summed E-state index contributed by atoms with van der Waals surface area (Å²) in [5.41, 5.74) is 0.872. The highest BCUT2D eigenvalue weighted by molar-refractivity contribution is 5.55. The fourth-order valence-corrected chi connectivity index (χ4v) is 1.65. The first-order valence-electron chi connectivity index (χ1n) is 5.81. The number of aryl methyl sites for hydroxylation is 2. The maximum Gasteiger partial charge on any atom is 0.251 e. The lowest BCUT2D eigenvalue weighted by Crippen LogP contribution is -2.13. The Balaban J connectivity index is 2.10. The summed E-state index contributed by atoms with van der Waals surface area (Å²) >= 11 is 0. The third kappa shape index (κ3) is 2.74. The van der Waals surface area contributed by atoms with E-state index in [2.05, 4.69) is 22.4 Å². The first-order valence-corrected chi connectivity index (χ1v) is 5.81. The fraction of sp³-hybridized carbons (Fsp3) is 0.500. The third-order valence-electron chi connectivity index (χ3n) is 2.44. The van der Waals surface area contributed by atoms with Crippen molar-refractivity contribution in [2.24, 2.45) is 0 Å². The van der Waals surface area contributed by atoms with Crippen LogP contribution in [-0.4, -0.2) is 16.7 Å². The predicted octanol–water partition coefficient (Wildman–Crippen LogP) is 2.45. The first-order chi connectivity index (χ1) is 8.20. The van der Waals surface area contributed by atoms with Gasteiger partial charge in [-0.05, 0) is 32.9 Å². The van der Waals surface area contributed by atoms with Crippen molar-refractivity contribution in [3.05, 3.63) is 23.5 Å². The quantitative estimate of drug-likeness (QED) is 0.806. The van der Waals surface area contributed by atoms with Gasteiger partial charge in [-0.15, -0.1) is 10.2 Å². The molecule has 0 saturated carbocycles. The molecule has 0 aliphatic carbocycles. The molecule has 17 heavy (non-hydrogen) atoms. The SMILES string of the molecule is CCCNCc1nnc(-c2cc(C)oc2C)o1. The summed E-state index contributed by atoms with van der Waals surface area (Å²) in [7, 11) is 0. The molecule has 2 aromatic rings. The summed E-state index contributed by atoms with van der Waals surface area (Å²) < 4.78 is 11.0. The molecular weight excluding hydrogens is 218 g/mol. The van der Waals surface area contributed by atoms with Gasteiger partial charge in [0.1, 0.15) is 11.5 Å². The second-order valence-corrected chi connectivity index (χ2v) is 4.00. The van der Waals surface area contributed by atoms with Crippen LogP contribution in [0.5, 0.6) is 0 Å². The Hall–Kier alpha value is -1.62. The van der Waals surface area contributed by atoms with E-state index in [1.165, 1.54) is 0 Å². The molecule has 0 bridgehead atoms. The highest BCUT2D eigenvalue weighted by Gasteiger charge is 2.14. The number of hydrogen-bond donors (Lipinski definition) is 1. The third-order valence-corrected chi connectivity index (χ3v) is 2.44. The van der Waals surface area contributed by atoms with Crippen LogP contribution in [0.15, 0.2) is 14.9 Å². The number of nitrogens with one attached hydrogen (secondary N) is 1. The van der Waals surface area contributed by atoms with Crippen LogP contribution in [0, 0.1) is 13.8 Å². The van der Waals surface area contributed by atoms with Crippen molar-refractivity contribution in [2.75, 3.05) is 6.54 Å². The summed E-state index contributed by atoms with van der Waals surface area (Å²) in [6.45, 7) is 7.46. The molecule has 92 valence electrons. The second kappa shape index (κ2) is 5.14. The summed E-state index contributed by atoms with van der Waals surface area (Å²) in [6, 6.07) is 1.91. The van der Waals surface area contributed by atoms with Crippen molar-refractivity contribution < 1.29 is 8.83 Å². The van der Waals surface area contributed by atoms with Gasteiger partial charge in [0.2, 0.25) is 5.89 Å². The van der Waals surface area contributed by atoms with Crippen molar-refractivity contribution in [1.82, 2.24) is 15.5 Å². The highest BCUT2D eigenvalue weighted by Crippen LogP contribution is 2.25. The molecule has 0 aliphatic heterocycles. The topological polar surface area (TPSA) is 64.1 Å². The van der Waals surface area contributed by atoms with Gasteiger partial charge in [-0.1, -0.05) is 6.92 Å². The lowest BCUT2D eigenvalue weighted by atomic mass is 10.2. The van der Waals surface area contributed by atoms with Gasteiger partial charge < -0.3 is 14.2 Å². The molecule has 0 atom stereocenters. The van der Waals surface area contributed by atoms with Crippen LogP contribution >= 0.6 is 0 Å². The smallest absolute Gasteiger partial charge is 0.251 e. The van der Waals surface area contributed by atoms with E-state index in [0.29, 0.717) is 18.3 Å². The Morgan fingerprint density at radius 2 is 2.06 bits per heavy atom. The van der Waals surface area contributed by atoms with E-state index in [0.717, 1.165) is 30.0 Å². The van der Waals surface area contributed by atoms with Gasteiger partial charge in [-0.2, -0.15) is 0 Å². The van der Waals surface area contributed by atoms with Crippen molar-refractivity contribution in [1.29, 1.82) is 0 Å². The Kier molecular flexibility index (Phi) is 3.58. The summed E-state index contributed by atoms with van der Waals surface area (Å²) in [5, 5.41) is 11.2. The molecule has 2 aromatic heterocycles. The molecule has 2 rings (SSSR count). The first kappa shape index (κ1) is 11.9. The zero-order valence-electron chi connectivity index (χ0n) is 10.4. The van der Waals surface area contributed by atoms with Crippen molar-refractivity contribution in [3.8, 4) is 11.5 Å². The molecule has 5 heteroatoms. The average Bonchev–Trinajstić information content (AvgIpc) is 2.86. The van der Waals surface area contributed by atoms with Gasteiger partial charge in [-0.3, -0.25) is 0 Å². The Bertz CT molecular complexity index is 488. The molecule has 2 heterocycles. The molecule has 0 spiro atoms. The van der Waals surface area contributed by atoms with Crippen LogP contribution in [0.2, 0.25) is 0 Å². The van der Waals surface area contributed by atoms with Gasteiger partial charge in [0, 0.05) is 0 Å². The van der Waals surface area contributed by atoms with Gasteiger partial charge in [0.05, 0.1) is 12.1 Å². The molecule has 0 saturated heterocycles. The van der Waals surface area contributed by atoms with E-state index in [9.17, 15) is 0 Å². The number of rotatable bonds is 5. The van der Waals surface area contributed by atoms with Gasteiger partial charge in [-0.25, -0.2) is 0 Å². The molecule has 1 N–H and O–H groups in total. The van der Waals surface area contributed by atoms with Crippen LogP contribution in [-0.2, 0) is 6.54 Å². The minimum atomic E-state index is 0.521. The highest BCUT2D eigenvalue weighted by atomic mass is 16.4. The fourth-order valence-electron chi connectivity index (χ4n) is 1.65. The molecule has 0 radical (unpaired) electrons. The van der Waals surface area contributed by atoms with E-state index in [4.69, 9.17) is 8.83 Å². The normalized spacial score (nSPS) is 11.0. The zero-order chi connectivity index (χ0) is 12.3. The number of hydrogen-bond acceptors (Lipinski definition) is 5. The Morgan fingerprint density at radius 3 is 2.71 bits per heavy atom. The van der Waals surface area contributed by atoms with Crippen molar-refractivity contribution in [2.45, 2.75) is 33.7 Å². The van der Waals surface area contributed by atoms with E-state index in [1.54, 1.807) is 0 Å². The van der Waals surface area contributed by atoms with Crippen LogP contribution in [0.25, 0.3) is 11.5 Å². The van der Waals surface area contributed by atoms with E-state index in [-0.39, 0.29) is 0 Å². The lowest BCUT2D eigenvalue weighted by Gasteiger charge is -1.96. The molecule has 0 amide bonds. The maximum absolute atomic E-state index is 5.57. The van der Waals surface area contributed by atoms with E-state index >= 15 is 0 Å². The van der Waals surface area contributed by atoms with Crippen molar-refractivity contribution in [3.63, 3.8) is 0 Å². The monoisotopic (exact) mass is 235 g/mol. The second-order valence-electron chi connectivity index (χ2n) is 4.00. The molecule has 0 aliphatic rings. The lowest BCUT2D eigenvalue weighted by molar-refractivity contribution is 0.474. The molecule has 0 aromatic carbocycles. The standard InChI is InChI=1S/C12H17N3O2/c1-4-5-13-7-11-14-15-12(17-11)10-6-8(2)16-9(10)3/h6,13H,4-5,7H2,1-3H3. The summed E-state index contributed by atoms with van der Waals surface area (Å²) in [6.07, 6.45) is 1.08. The van der Waals surface area contributed by atoms with Gasteiger partial charge in [0.25, 0.3) is 5.89 Å². The van der Waals surface area contributed by atoms with Crippen molar-refractivity contribution >= 4 is 0 Å². The maximum atomic E-state index is 5.57. The molecule has 0 fully saturated rings. The van der Waals surface area contributed by atoms with Gasteiger partial charge in [0.15, 0.2) is 0 Å². The molecular formula is C12H17N3O2. The summed E-state index contributed by atoms with van der Waals surface area (Å²) in [5.74, 6) is 2.78. The van der Waals surface area contributed by atoms with Gasteiger partial charge >= 0.3 is 0 Å². The number of nitrogens with zero attached hydrogens (tertiary/aromatic N) is 2. The zero-order valence-corrected chi connectivity index (χ0v) is 10.4.